The first-order valence-corrected chi connectivity index (χ1v) is 10.9. The van der Waals surface area contributed by atoms with Crippen LogP contribution in [0.5, 0.6) is 5.75 Å². The molecule has 2 aromatic rings. The number of halogens is 1. The second-order valence-corrected chi connectivity index (χ2v) is 11.0. The van der Waals surface area contributed by atoms with Crippen molar-refractivity contribution in [3.63, 3.8) is 0 Å². The normalized spacial score (nSPS) is 16.2. The highest BCUT2D eigenvalue weighted by molar-refractivity contribution is 7.89. The predicted molar refractivity (Wildman–Crippen MR) is 114 cm³/mol. The molecule has 0 unspecified atom stereocenters. The minimum atomic E-state index is -4.03. The molecule has 10 heteroatoms. The number of hydrogen-bond donors (Lipinski definition) is 3. The Kier molecular flexibility index (Phi) is 5.00. The van der Waals surface area contributed by atoms with Gasteiger partial charge in [0.15, 0.2) is 5.75 Å². The van der Waals surface area contributed by atoms with E-state index in [1.54, 1.807) is 0 Å². The smallest absolute Gasteiger partial charge is 0.253 e. The molecule has 2 aromatic carbocycles. The average molecular weight is 442 g/mol. The Balaban J connectivity index is 2.01. The topological polar surface area (TPSA) is 116 Å². The van der Waals surface area contributed by atoms with Gasteiger partial charge in [0.25, 0.3) is 10.9 Å². The highest BCUT2D eigenvalue weighted by Crippen LogP contribution is 2.52. The highest BCUT2D eigenvalue weighted by Gasteiger charge is 2.53. The Morgan fingerprint density at radius 1 is 1.10 bits per heavy atom. The zero-order valence-corrected chi connectivity index (χ0v) is 18.5. The zero-order valence-electron chi connectivity index (χ0n) is 16.9. The van der Waals surface area contributed by atoms with Crippen LogP contribution in [0.25, 0.3) is 0 Å². The number of nitrogens with one attached hydrogen (secondary N) is 2. The summed E-state index contributed by atoms with van der Waals surface area (Å²) in [7, 11) is -1.41. The van der Waals surface area contributed by atoms with Crippen molar-refractivity contribution in [1.82, 2.24) is 4.31 Å². The molecule has 0 saturated heterocycles. The van der Waals surface area contributed by atoms with Gasteiger partial charge < -0.3 is 15.7 Å². The lowest BCUT2D eigenvalue weighted by atomic mass is 9.83. The van der Waals surface area contributed by atoms with Crippen LogP contribution in [0.1, 0.15) is 33.6 Å². The average Bonchev–Trinajstić information content (AvgIpc) is 3.40. The Hall–Kier alpha value is -2.10. The van der Waals surface area contributed by atoms with Crippen molar-refractivity contribution in [2.24, 2.45) is 5.41 Å². The molecule has 1 saturated carbocycles. The van der Waals surface area contributed by atoms with Crippen LogP contribution >= 0.6 is 11.6 Å². The highest BCUT2D eigenvalue weighted by atomic mass is 35.5. The Morgan fingerprint density at radius 3 is 2.14 bits per heavy atom. The van der Waals surface area contributed by atoms with E-state index < -0.39 is 31.5 Å². The quantitative estimate of drug-likeness (QED) is 0.466. The lowest BCUT2D eigenvalue weighted by molar-refractivity contribution is 0.323. The Bertz CT molecular complexity index is 1150. The summed E-state index contributed by atoms with van der Waals surface area (Å²) in [4.78, 5) is 23.8. The van der Waals surface area contributed by atoms with Crippen molar-refractivity contribution in [2.75, 3.05) is 24.7 Å². The predicted octanol–water partition coefficient (Wildman–Crippen LogP) is 2.63. The van der Waals surface area contributed by atoms with Gasteiger partial charge in [0.1, 0.15) is 16.3 Å². The number of nitrogens with zero attached hydrogens (tertiary/aromatic N) is 1. The fourth-order valence-electron chi connectivity index (χ4n) is 3.27. The number of rotatable bonds is 6. The van der Waals surface area contributed by atoms with Crippen LogP contribution in [0.3, 0.4) is 0 Å². The van der Waals surface area contributed by atoms with Crippen LogP contribution < -0.4 is 21.5 Å². The largest absolute Gasteiger partial charge is 0.504 e. The van der Waals surface area contributed by atoms with Crippen LogP contribution in [0.2, 0.25) is 5.02 Å². The van der Waals surface area contributed by atoms with Crippen LogP contribution in [0.15, 0.2) is 26.6 Å². The summed E-state index contributed by atoms with van der Waals surface area (Å²) in [5, 5.41) is 16.3. The molecular formula is C19H24ClN3O5S. The van der Waals surface area contributed by atoms with Gasteiger partial charge in [0.2, 0.25) is 10.0 Å². The monoisotopic (exact) mass is 441 g/mol. The molecule has 1 aliphatic carbocycles. The van der Waals surface area contributed by atoms with E-state index in [-0.39, 0.29) is 33.0 Å². The van der Waals surface area contributed by atoms with Crippen molar-refractivity contribution in [2.45, 2.75) is 44.0 Å². The second kappa shape index (κ2) is 6.72. The summed E-state index contributed by atoms with van der Waals surface area (Å²) in [5.41, 5.74) is -1.68. The Labute approximate surface area is 174 Å². The third-order valence-electron chi connectivity index (χ3n) is 5.54. The maximum Gasteiger partial charge on any atom is 0.253 e. The zero-order chi connectivity index (χ0) is 21.9. The maximum absolute atomic E-state index is 12.5. The molecule has 3 rings (SSSR count). The van der Waals surface area contributed by atoms with E-state index in [1.807, 2.05) is 0 Å². The molecular weight excluding hydrogens is 418 g/mol. The lowest BCUT2D eigenvalue weighted by Gasteiger charge is -2.33. The maximum atomic E-state index is 12.5. The summed E-state index contributed by atoms with van der Waals surface area (Å²) in [6, 6.07) is 2.65. The van der Waals surface area contributed by atoms with E-state index in [1.165, 1.54) is 26.2 Å². The van der Waals surface area contributed by atoms with Gasteiger partial charge in [-0.15, -0.1) is 0 Å². The molecule has 29 heavy (non-hydrogen) atoms. The number of aromatic hydroxyl groups is 1. The number of phenolic OH excluding ortho intramolecular Hbond substituents is 1. The van der Waals surface area contributed by atoms with E-state index in [9.17, 15) is 23.1 Å². The minimum absolute atomic E-state index is 0.00338. The first-order valence-electron chi connectivity index (χ1n) is 9.05. The first-order chi connectivity index (χ1) is 13.2. The molecule has 0 heterocycles. The van der Waals surface area contributed by atoms with Crippen LogP contribution in [0, 0.1) is 5.41 Å². The molecule has 0 radical (unpaired) electrons. The SMILES string of the molecule is CN(C)S(=O)(=O)c1c(Cl)ccc(Nc2c(NC3(C(C)(C)C)CC3)c(=O)c2=O)c1O. The van der Waals surface area contributed by atoms with Gasteiger partial charge in [-0.25, -0.2) is 12.7 Å². The van der Waals surface area contributed by atoms with Crippen LogP contribution in [0.4, 0.5) is 17.1 Å². The van der Waals surface area contributed by atoms with Gasteiger partial charge in [0, 0.05) is 19.6 Å². The molecule has 0 atom stereocenters. The number of hydrogen-bond acceptors (Lipinski definition) is 7. The molecule has 0 spiro atoms. The molecule has 158 valence electrons. The summed E-state index contributed by atoms with van der Waals surface area (Å²) in [5.74, 6) is -0.623. The van der Waals surface area contributed by atoms with Crippen LogP contribution in [-0.2, 0) is 10.0 Å². The summed E-state index contributed by atoms with van der Waals surface area (Å²) in [6.07, 6.45) is 1.73. The molecule has 0 bridgehead atoms. The summed E-state index contributed by atoms with van der Waals surface area (Å²) >= 11 is 6.00. The van der Waals surface area contributed by atoms with E-state index in [0.29, 0.717) is 0 Å². The van der Waals surface area contributed by atoms with Crippen molar-refractivity contribution in [1.29, 1.82) is 0 Å². The van der Waals surface area contributed by atoms with Crippen molar-refractivity contribution >= 4 is 38.7 Å². The van der Waals surface area contributed by atoms with Crippen molar-refractivity contribution in [3.05, 3.63) is 37.6 Å². The second-order valence-electron chi connectivity index (χ2n) is 8.55. The van der Waals surface area contributed by atoms with Gasteiger partial charge in [-0.1, -0.05) is 32.4 Å². The first kappa shape index (κ1) is 21.6. The number of benzene rings is 1. The summed E-state index contributed by atoms with van der Waals surface area (Å²) in [6.45, 7) is 6.15. The lowest BCUT2D eigenvalue weighted by Crippen LogP contribution is -2.44. The van der Waals surface area contributed by atoms with Gasteiger partial charge in [-0.2, -0.15) is 0 Å². The standard InChI is InChI=1S/C19H24ClN3O5S/c1-18(2,3)19(8-9-19)22-13-12(15(25)16(13)26)21-11-7-6-10(20)17(14(11)24)29(27,28)23(4)5/h6-7,21-22,24H,8-9H2,1-5H3. The van der Waals surface area contributed by atoms with E-state index in [4.69, 9.17) is 11.6 Å². The van der Waals surface area contributed by atoms with Gasteiger partial charge >= 0.3 is 0 Å². The number of sulfonamides is 1. The minimum Gasteiger partial charge on any atom is -0.504 e. The molecule has 1 fully saturated rings. The molecule has 8 nitrogen and oxygen atoms in total. The van der Waals surface area contributed by atoms with Gasteiger partial charge in [-0.05, 0) is 30.4 Å². The number of phenols is 1. The molecule has 0 aromatic heterocycles. The molecule has 0 aliphatic heterocycles. The third kappa shape index (κ3) is 3.41. The third-order valence-corrected chi connectivity index (χ3v) is 7.86. The Morgan fingerprint density at radius 2 is 1.66 bits per heavy atom. The number of anilines is 3. The van der Waals surface area contributed by atoms with E-state index >= 15 is 0 Å². The molecule has 1 aliphatic rings. The van der Waals surface area contributed by atoms with E-state index in [2.05, 4.69) is 31.4 Å². The molecule has 0 amide bonds. The summed E-state index contributed by atoms with van der Waals surface area (Å²) < 4.78 is 25.9. The molecule has 3 N–H and O–H groups in total. The van der Waals surface area contributed by atoms with Crippen molar-refractivity contribution < 1.29 is 13.5 Å². The van der Waals surface area contributed by atoms with Gasteiger partial charge in [-0.3, -0.25) is 9.59 Å². The van der Waals surface area contributed by atoms with E-state index in [0.717, 1.165) is 17.1 Å². The van der Waals surface area contributed by atoms with Crippen molar-refractivity contribution in [3.8, 4) is 5.75 Å². The fraction of sp³-hybridized carbons (Fsp3) is 0.474. The van der Waals surface area contributed by atoms with Gasteiger partial charge in [0.05, 0.1) is 10.7 Å². The fourth-order valence-corrected chi connectivity index (χ4v) is 4.75. The van der Waals surface area contributed by atoms with Crippen LogP contribution in [-0.4, -0.2) is 37.5 Å².